The van der Waals surface area contributed by atoms with Crippen molar-refractivity contribution in [1.29, 1.82) is 0 Å². The zero-order valence-electron chi connectivity index (χ0n) is 10.9. The second kappa shape index (κ2) is 5.33. The van der Waals surface area contributed by atoms with Gasteiger partial charge in [-0.2, -0.15) is 0 Å². The number of rotatable bonds is 3. The summed E-state index contributed by atoms with van der Waals surface area (Å²) >= 11 is 0. The van der Waals surface area contributed by atoms with Crippen LogP contribution < -0.4 is 4.90 Å². The SMILES string of the molecule is Cc1cnc(C)c(N2CCCCC2CC(=O)O)n1. The first-order valence-corrected chi connectivity index (χ1v) is 6.36. The highest BCUT2D eigenvalue weighted by atomic mass is 16.4. The van der Waals surface area contributed by atoms with Crippen LogP contribution in [0, 0.1) is 13.8 Å². The number of aryl methyl sites for hydroxylation is 2. The van der Waals surface area contributed by atoms with Gasteiger partial charge in [0.05, 0.1) is 17.8 Å². The summed E-state index contributed by atoms with van der Waals surface area (Å²) in [6, 6.07) is 0.0473. The van der Waals surface area contributed by atoms with Crippen LogP contribution in [0.2, 0.25) is 0 Å². The van der Waals surface area contributed by atoms with Gasteiger partial charge in [0, 0.05) is 18.8 Å². The van der Waals surface area contributed by atoms with Crippen molar-refractivity contribution in [2.24, 2.45) is 0 Å². The summed E-state index contributed by atoms with van der Waals surface area (Å²) in [5.74, 6) is 0.103. The number of hydrogen-bond acceptors (Lipinski definition) is 4. The van der Waals surface area contributed by atoms with E-state index in [9.17, 15) is 4.79 Å². The van der Waals surface area contributed by atoms with Crippen molar-refractivity contribution in [2.45, 2.75) is 45.6 Å². The molecule has 0 saturated carbocycles. The van der Waals surface area contributed by atoms with E-state index in [-0.39, 0.29) is 12.5 Å². The van der Waals surface area contributed by atoms with E-state index >= 15 is 0 Å². The molecule has 1 fully saturated rings. The molecule has 0 aliphatic carbocycles. The third-order valence-electron chi connectivity index (χ3n) is 3.36. The second-order valence-corrected chi connectivity index (χ2v) is 4.86. The molecule has 18 heavy (non-hydrogen) atoms. The van der Waals surface area contributed by atoms with Crippen molar-refractivity contribution in [3.8, 4) is 0 Å². The van der Waals surface area contributed by atoms with Gasteiger partial charge in [0.15, 0.2) is 5.82 Å². The summed E-state index contributed by atoms with van der Waals surface area (Å²) in [4.78, 5) is 21.9. The quantitative estimate of drug-likeness (QED) is 0.886. The lowest BCUT2D eigenvalue weighted by Crippen LogP contribution is -2.42. The molecule has 1 aliphatic rings. The lowest BCUT2D eigenvalue weighted by atomic mass is 9.99. The highest BCUT2D eigenvalue weighted by molar-refractivity contribution is 5.68. The van der Waals surface area contributed by atoms with Crippen LogP contribution in [0.15, 0.2) is 6.20 Å². The third-order valence-corrected chi connectivity index (χ3v) is 3.36. The summed E-state index contributed by atoms with van der Waals surface area (Å²) in [7, 11) is 0. The fraction of sp³-hybridized carbons (Fsp3) is 0.615. The molecule has 5 nitrogen and oxygen atoms in total. The third kappa shape index (κ3) is 2.78. The largest absolute Gasteiger partial charge is 0.481 e. The Labute approximate surface area is 107 Å². The van der Waals surface area contributed by atoms with Gasteiger partial charge in [-0.1, -0.05) is 0 Å². The molecule has 0 radical (unpaired) electrons. The van der Waals surface area contributed by atoms with E-state index in [1.54, 1.807) is 6.20 Å². The summed E-state index contributed by atoms with van der Waals surface area (Å²) in [6.07, 6.45) is 5.02. The van der Waals surface area contributed by atoms with Crippen LogP contribution in [-0.2, 0) is 4.79 Å². The number of hydrogen-bond donors (Lipinski definition) is 1. The number of aliphatic carboxylic acids is 1. The van der Waals surface area contributed by atoms with E-state index in [1.165, 1.54) is 0 Å². The average Bonchev–Trinajstić information content (AvgIpc) is 2.32. The maximum atomic E-state index is 10.9. The predicted octanol–water partition coefficient (Wildman–Crippen LogP) is 1.93. The Bertz CT molecular complexity index is 448. The Hall–Kier alpha value is -1.65. The molecule has 1 aliphatic heterocycles. The molecule has 0 aromatic carbocycles. The van der Waals surface area contributed by atoms with E-state index in [4.69, 9.17) is 5.11 Å². The molecule has 0 amide bonds. The van der Waals surface area contributed by atoms with Crippen LogP contribution >= 0.6 is 0 Å². The smallest absolute Gasteiger partial charge is 0.305 e. The summed E-state index contributed by atoms with van der Waals surface area (Å²) in [5, 5.41) is 8.99. The topological polar surface area (TPSA) is 66.3 Å². The molecule has 1 saturated heterocycles. The number of aromatic nitrogens is 2. The first kappa shape index (κ1) is 12.8. The van der Waals surface area contributed by atoms with Gasteiger partial charge in [0.2, 0.25) is 0 Å². The Balaban J connectivity index is 2.27. The number of anilines is 1. The summed E-state index contributed by atoms with van der Waals surface area (Å²) in [6.45, 7) is 4.71. The predicted molar refractivity (Wildman–Crippen MR) is 68.7 cm³/mol. The van der Waals surface area contributed by atoms with Crippen LogP contribution in [0.5, 0.6) is 0 Å². The van der Waals surface area contributed by atoms with Crippen molar-refractivity contribution >= 4 is 11.8 Å². The van der Waals surface area contributed by atoms with Gasteiger partial charge in [-0.3, -0.25) is 9.78 Å². The van der Waals surface area contributed by atoms with Crippen LogP contribution in [0.25, 0.3) is 0 Å². The Morgan fingerprint density at radius 3 is 3.00 bits per heavy atom. The van der Waals surface area contributed by atoms with Gasteiger partial charge >= 0.3 is 5.97 Å². The Morgan fingerprint density at radius 1 is 1.50 bits per heavy atom. The van der Waals surface area contributed by atoms with E-state index in [2.05, 4.69) is 14.9 Å². The maximum Gasteiger partial charge on any atom is 0.305 e. The zero-order valence-corrected chi connectivity index (χ0v) is 10.9. The minimum Gasteiger partial charge on any atom is -0.481 e. The Morgan fingerprint density at radius 2 is 2.28 bits per heavy atom. The number of piperidine rings is 1. The molecule has 1 atom stereocenters. The lowest BCUT2D eigenvalue weighted by Gasteiger charge is -2.36. The van der Waals surface area contributed by atoms with E-state index < -0.39 is 5.97 Å². The molecule has 1 unspecified atom stereocenters. The molecule has 0 bridgehead atoms. The maximum absolute atomic E-state index is 10.9. The molecule has 1 aromatic heterocycles. The van der Waals surface area contributed by atoms with Crippen molar-refractivity contribution < 1.29 is 9.90 Å². The van der Waals surface area contributed by atoms with Gasteiger partial charge in [-0.25, -0.2) is 4.98 Å². The van der Waals surface area contributed by atoms with Crippen LogP contribution in [0.4, 0.5) is 5.82 Å². The molecule has 1 aromatic rings. The minimum absolute atomic E-state index is 0.0473. The first-order chi connectivity index (χ1) is 8.58. The highest BCUT2D eigenvalue weighted by Gasteiger charge is 2.27. The summed E-state index contributed by atoms with van der Waals surface area (Å²) in [5.41, 5.74) is 1.74. The summed E-state index contributed by atoms with van der Waals surface area (Å²) < 4.78 is 0. The van der Waals surface area contributed by atoms with Gasteiger partial charge in [0.25, 0.3) is 0 Å². The zero-order chi connectivity index (χ0) is 13.1. The van der Waals surface area contributed by atoms with Gasteiger partial charge in [-0.05, 0) is 33.1 Å². The molecule has 1 N–H and O–H groups in total. The van der Waals surface area contributed by atoms with E-state index in [0.717, 1.165) is 43.0 Å². The van der Waals surface area contributed by atoms with Gasteiger partial charge < -0.3 is 10.0 Å². The molecular weight excluding hydrogens is 230 g/mol. The van der Waals surface area contributed by atoms with Crippen LogP contribution in [0.3, 0.4) is 0 Å². The average molecular weight is 249 g/mol. The Kier molecular flexibility index (Phi) is 3.79. The van der Waals surface area contributed by atoms with Crippen molar-refractivity contribution in [2.75, 3.05) is 11.4 Å². The molecule has 2 rings (SSSR count). The monoisotopic (exact) mass is 249 g/mol. The molecule has 0 spiro atoms. The number of carboxylic acids is 1. The van der Waals surface area contributed by atoms with Crippen LogP contribution in [-0.4, -0.2) is 33.6 Å². The van der Waals surface area contributed by atoms with Crippen LogP contribution in [0.1, 0.15) is 37.1 Å². The number of carboxylic acid groups (broad SMARTS) is 1. The lowest BCUT2D eigenvalue weighted by molar-refractivity contribution is -0.137. The highest BCUT2D eigenvalue weighted by Crippen LogP contribution is 2.26. The van der Waals surface area contributed by atoms with E-state index in [0.29, 0.717) is 0 Å². The fourth-order valence-electron chi connectivity index (χ4n) is 2.49. The fourth-order valence-corrected chi connectivity index (χ4v) is 2.49. The van der Waals surface area contributed by atoms with Gasteiger partial charge in [-0.15, -0.1) is 0 Å². The standard InChI is InChI=1S/C13H19N3O2/c1-9-8-14-10(2)13(15-9)16-6-4-3-5-11(16)7-12(17)18/h8,11H,3-7H2,1-2H3,(H,17,18). The molecular formula is C13H19N3O2. The number of carbonyl (C=O) groups is 1. The first-order valence-electron chi connectivity index (χ1n) is 6.36. The second-order valence-electron chi connectivity index (χ2n) is 4.86. The molecule has 5 heteroatoms. The van der Waals surface area contributed by atoms with E-state index in [1.807, 2.05) is 13.8 Å². The number of nitrogens with zero attached hydrogens (tertiary/aromatic N) is 3. The van der Waals surface area contributed by atoms with Crippen molar-refractivity contribution in [3.63, 3.8) is 0 Å². The van der Waals surface area contributed by atoms with Crippen molar-refractivity contribution in [1.82, 2.24) is 9.97 Å². The minimum atomic E-state index is -0.745. The molecule has 2 heterocycles. The van der Waals surface area contributed by atoms with Crippen molar-refractivity contribution in [3.05, 3.63) is 17.6 Å². The molecule has 98 valence electrons. The normalized spacial score (nSPS) is 19.9. The van der Waals surface area contributed by atoms with Gasteiger partial charge in [0.1, 0.15) is 0 Å².